The summed E-state index contributed by atoms with van der Waals surface area (Å²) in [5, 5.41) is 2.80. The number of carbonyl (C=O) groups excluding carboxylic acids is 1. The van der Waals surface area contributed by atoms with E-state index in [0.29, 0.717) is 12.0 Å². The minimum absolute atomic E-state index is 0. The molecule has 24 heavy (non-hydrogen) atoms. The molecule has 136 valence electrons. The third-order valence-corrected chi connectivity index (χ3v) is 4.13. The molecular weight excluding hydrogens is 345 g/mol. The van der Waals surface area contributed by atoms with Crippen molar-refractivity contribution in [2.45, 2.75) is 51.1 Å². The molecule has 1 aliphatic carbocycles. The van der Waals surface area contributed by atoms with Crippen LogP contribution in [0.5, 0.6) is 5.75 Å². The molecule has 3 N–H and O–H groups in total. The number of alkyl halides is 3. The zero-order chi connectivity index (χ0) is 17.0. The third kappa shape index (κ3) is 6.20. The Bertz CT molecular complexity index is 554. The van der Waals surface area contributed by atoms with Gasteiger partial charge in [-0.05, 0) is 43.4 Å². The van der Waals surface area contributed by atoms with E-state index < -0.39 is 12.4 Å². The second-order valence-corrected chi connectivity index (χ2v) is 5.97. The smallest absolute Gasteiger partial charge is 0.406 e. The molecule has 0 spiro atoms. The number of halogens is 4. The molecule has 1 aromatic carbocycles. The summed E-state index contributed by atoms with van der Waals surface area (Å²) >= 11 is 0. The van der Waals surface area contributed by atoms with Gasteiger partial charge in [0.2, 0.25) is 5.91 Å². The molecule has 4 nitrogen and oxygen atoms in total. The lowest BCUT2D eigenvalue weighted by Gasteiger charge is -2.19. The van der Waals surface area contributed by atoms with E-state index >= 15 is 0 Å². The lowest BCUT2D eigenvalue weighted by Crippen LogP contribution is -2.32. The van der Waals surface area contributed by atoms with E-state index in [-0.39, 0.29) is 36.0 Å². The molecule has 1 saturated carbocycles. The molecule has 2 rings (SSSR count). The van der Waals surface area contributed by atoms with Crippen molar-refractivity contribution < 1.29 is 22.7 Å². The summed E-state index contributed by atoms with van der Waals surface area (Å²) in [6, 6.07) is 5.26. The van der Waals surface area contributed by atoms with E-state index in [2.05, 4.69) is 10.1 Å². The molecule has 0 heterocycles. The Balaban J connectivity index is 0.00000288. The van der Waals surface area contributed by atoms with Crippen LogP contribution < -0.4 is 15.8 Å². The lowest BCUT2D eigenvalue weighted by atomic mass is 9.99. The van der Waals surface area contributed by atoms with Gasteiger partial charge in [-0.2, -0.15) is 0 Å². The monoisotopic (exact) mass is 366 g/mol. The lowest BCUT2D eigenvalue weighted by molar-refractivity contribution is -0.274. The van der Waals surface area contributed by atoms with Gasteiger partial charge in [-0.1, -0.05) is 18.6 Å². The number of amides is 1. The fraction of sp³-hybridized carbons (Fsp3) is 0.562. The van der Waals surface area contributed by atoms with Crippen molar-refractivity contribution in [2.75, 3.05) is 0 Å². The summed E-state index contributed by atoms with van der Waals surface area (Å²) in [6.07, 6.45) is -1.47. The number of nitrogens with two attached hydrogens (primary N) is 1. The largest absolute Gasteiger partial charge is 0.573 e. The third-order valence-electron chi connectivity index (χ3n) is 4.13. The predicted molar refractivity (Wildman–Crippen MR) is 86.9 cm³/mol. The van der Waals surface area contributed by atoms with Crippen molar-refractivity contribution in [3.05, 3.63) is 29.8 Å². The summed E-state index contributed by atoms with van der Waals surface area (Å²) in [5.41, 5.74) is 6.50. The van der Waals surface area contributed by atoms with Crippen LogP contribution >= 0.6 is 12.4 Å². The highest BCUT2D eigenvalue weighted by Gasteiger charge is 2.31. The van der Waals surface area contributed by atoms with Gasteiger partial charge >= 0.3 is 6.36 Å². The van der Waals surface area contributed by atoms with Crippen LogP contribution in [-0.4, -0.2) is 18.3 Å². The highest BCUT2D eigenvalue weighted by Crippen LogP contribution is 2.28. The van der Waals surface area contributed by atoms with Gasteiger partial charge in [-0.15, -0.1) is 25.6 Å². The fourth-order valence-corrected chi connectivity index (χ4v) is 2.92. The first-order valence-electron chi connectivity index (χ1n) is 7.65. The van der Waals surface area contributed by atoms with Crippen molar-refractivity contribution in [1.29, 1.82) is 0 Å². The van der Waals surface area contributed by atoms with Crippen LogP contribution in [0.1, 0.15) is 44.2 Å². The fourth-order valence-electron chi connectivity index (χ4n) is 2.92. The van der Waals surface area contributed by atoms with Gasteiger partial charge < -0.3 is 15.8 Å². The van der Waals surface area contributed by atoms with E-state index in [1.807, 2.05) is 0 Å². The van der Waals surface area contributed by atoms with Gasteiger partial charge in [0.1, 0.15) is 5.75 Å². The SMILES string of the molecule is CC(NC(=O)C[C@@H]1CCC[C@H]1N)c1cccc(OC(F)(F)F)c1.Cl. The van der Waals surface area contributed by atoms with Crippen molar-refractivity contribution >= 4 is 18.3 Å². The summed E-state index contributed by atoms with van der Waals surface area (Å²) in [5.74, 6) is -0.252. The Kier molecular flexibility index (Phi) is 7.35. The molecule has 1 aliphatic rings. The topological polar surface area (TPSA) is 64.4 Å². The second-order valence-electron chi connectivity index (χ2n) is 5.97. The maximum Gasteiger partial charge on any atom is 0.573 e. The van der Waals surface area contributed by atoms with Gasteiger partial charge in [-0.25, -0.2) is 0 Å². The van der Waals surface area contributed by atoms with E-state index in [1.54, 1.807) is 13.0 Å². The minimum Gasteiger partial charge on any atom is -0.406 e. The van der Waals surface area contributed by atoms with Crippen LogP contribution in [0, 0.1) is 5.92 Å². The highest BCUT2D eigenvalue weighted by molar-refractivity contribution is 5.85. The number of nitrogens with one attached hydrogen (secondary N) is 1. The van der Waals surface area contributed by atoms with Crippen molar-refractivity contribution in [3.63, 3.8) is 0 Å². The summed E-state index contributed by atoms with van der Waals surface area (Å²) < 4.78 is 40.6. The Hall–Kier alpha value is -1.47. The molecule has 1 aromatic rings. The zero-order valence-electron chi connectivity index (χ0n) is 13.3. The molecule has 3 atom stereocenters. The average Bonchev–Trinajstić information content (AvgIpc) is 2.82. The summed E-state index contributed by atoms with van der Waals surface area (Å²) in [7, 11) is 0. The van der Waals surface area contributed by atoms with Crippen molar-refractivity contribution in [1.82, 2.24) is 5.32 Å². The Morgan fingerprint density at radius 1 is 1.42 bits per heavy atom. The second kappa shape index (κ2) is 8.58. The molecule has 1 fully saturated rings. The molecule has 0 bridgehead atoms. The first-order chi connectivity index (χ1) is 10.7. The molecule has 8 heteroatoms. The normalized spacial score (nSPS) is 21.7. The Labute approximate surface area is 145 Å². The van der Waals surface area contributed by atoms with Crippen molar-refractivity contribution in [3.8, 4) is 5.75 Å². The zero-order valence-corrected chi connectivity index (χ0v) is 14.1. The highest BCUT2D eigenvalue weighted by atomic mass is 35.5. The number of ether oxygens (including phenoxy) is 1. The molecule has 1 amide bonds. The summed E-state index contributed by atoms with van der Waals surface area (Å²) in [6.45, 7) is 1.72. The molecule has 1 unspecified atom stereocenters. The maximum absolute atomic E-state index is 12.2. The standard InChI is InChI=1S/C16H21F3N2O2.ClH/c1-10(21-15(22)9-12-5-3-7-14(12)20)11-4-2-6-13(8-11)23-16(17,18)19;/h2,4,6,8,10,12,14H,3,5,7,9,20H2,1H3,(H,21,22);1H/t10?,12-,14+;/m0./s1. The molecule has 0 radical (unpaired) electrons. The molecule has 0 aliphatic heterocycles. The average molecular weight is 367 g/mol. The first kappa shape index (κ1) is 20.6. The maximum atomic E-state index is 12.2. The van der Waals surface area contributed by atoms with Crippen LogP contribution in [0.15, 0.2) is 24.3 Å². The van der Waals surface area contributed by atoms with Crippen molar-refractivity contribution in [2.24, 2.45) is 11.7 Å². The van der Waals surface area contributed by atoms with Gasteiger partial charge in [0, 0.05) is 12.5 Å². The van der Waals surface area contributed by atoms with Gasteiger partial charge in [-0.3, -0.25) is 4.79 Å². The molecular formula is C16H22ClF3N2O2. The molecule has 0 aromatic heterocycles. The number of hydrogen-bond donors (Lipinski definition) is 2. The number of carbonyl (C=O) groups is 1. The van der Waals surface area contributed by atoms with Crippen LogP contribution in [0.4, 0.5) is 13.2 Å². The first-order valence-corrected chi connectivity index (χ1v) is 7.65. The number of hydrogen-bond acceptors (Lipinski definition) is 3. The molecule has 0 saturated heterocycles. The van der Waals surface area contributed by atoms with E-state index in [4.69, 9.17) is 5.73 Å². The van der Waals surface area contributed by atoms with Gasteiger partial charge in [0.25, 0.3) is 0 Å². The number of rotatable bonds is 5. The van der Waals surface area contributed by atoms with Gasteiger partial charge in [0.05, 0.1) is 6.04 Å². The van der Waals surface area contributed by atoms with E-state index in [9.17, 15) is 18.0 Å². The quantitative estimate of drug-likeness (QED) is 0.835. The van der Waals surface area contributed by atoms with E-state index in [0.717, 1.165) is 19.3 Å². The van der Waals surface area contributed by atoms with Crippen LogP contribution in [0.25, 0.3) is 0 Å². The van der Waals surface area contributed by atoms with Crippen LogP contribution in [0.3, 0.4) is 0 Å². The van der Waals surface area contributed by atoms with E-state index in [1.165, 1.54) is 18.2 Å². The van der Waals surface area contributed by atoms with Crippen LogP contribution in [-0.2, 0) is 4.79 Å². The van der Waals surface area contributed by atoms with Gasteiger partial charge in [0.15, 0.2) is 0 Å². The number of benzene rings is 1. The Morgan fingerprint density at radius 3 is 2.71 bits per heavy atom. The Morgan fingerprint density at radius 2 is 2.12 bits per heavy atom. The minimum atomic E-state index is -4.73. The summed E-state index contributed by atoms with van der Waals surface area (Å²) in [4.78, 5) is 12.1. The van der Waals surface area contributed by atoms with Crippen LogP contribution in [0.2, 0.25) is 0 Å². The predicted octanol–water partition coefficient (Wildman–Crippen LogP) is 3.70.